The Kier molecular flexibility index (Phi) is 10.2. The van der Waals surface area contributed by atoms with Crippen LogP contribution in [0.25, 0.3) is 0 Å². The molecule has 0 saturated heterocycles. The van der Waals surface area contributed by atoms with Crippen LogP contribution in [0.15, 0.2) is 35.2 Å². The summed E-state index contributed by atoms with van der Waals surface area (Å²) in [6, 6.07) is 8.69. The first-order chi connectivity index (χ1) is 12.0. The molecule has 0 aliphatic heterocycles. The molecule has 2 N–H and O–H groups in total. The van der Waals surface area contributed by atoms with Gasteiger partial charge in [-0.2, -0.15) is 4.31 Å². The molecule has 0 unspecified atom stereocenters. The number of benzene rings is 1. The van der Waals surface area contributed by atoms with Crippen molar-refractivity contribution in [3.05, 3.63) is 30.3 Å². The molecule has 0 heterocycles. The van der Waals surface area contributed by atoms with E-state index in [9.17, 15) is 13.2 Å². The van der Waals surface area contributed by atoms with Gasteiger partial charge < -0.3 is 10.6 Å². The fraction of sp³-hybridized carbons (Fsp3) is 0.611. The highest BCUT2D eigenvalue weighted by atomic mass is 35.5. The Morgan fingerprint density at radius 3 is 2.31 bits per heavy atom. The molecule has 1 amide bonds. The molecule has 1 aromatic rings. The number of carbonyl (C=O) groups excluding carboxylic acids is 1. The summed E-state index contributed by atoms with van der Waals surface area (Å²) in [6.07, 6.45) is 7.57. The second-order valence-electron chi connectivity index (χ2n) is 6.57. The number of hydrogen-bond acceptors (Lipinski definition) is 4. The predicted octanol–water partition coefficient (Wildman–Crippen LogP) is 2.16. The van der Waals surface area contributed by atoms with E-state index >= 15 is 0 Å². The first-order valence-electron chi connectivity index (χ1n) is 9.01. The number of likely N-dealkylation sites (N-methyl/N-ethyl adjacent to an activating group) is 1. The van der Waals surface area contributed by atoms with Crippen molar-refractivity contribution in [3.63, 3.8) is 0 Å². The number of amides is 1. The lowest BCUT2D eigenvalue weighted by atomic mass is 10.1. The van der Waals surface area contributed by atoms with Crippen molar-refractivity contribution in [1.29, 1.82) is 0 Å². The highest BCUT2D eigenvalue weighted by Crippen LogP contribution is 2.16. The molecule has 1 aromatic carbocycles. The highest BCUT2D eigenvalue weighted by molar-refractivity contribution is 7.89. The van der Waals surface area contributed by atoms with Crippen molar-refractivity contribution in [1.82, 2.24) is 14.9 Å². The molecule has 2 rings (SSSR count). The molecular formula is C18H30ClN3O3S. The Hall–Kier alpha value is -1.15. The van der Waals surface area contributed by atoms with Crippen LogP contribution in [0.4, 0.5) is 0 Å². The standard InChI is InChI=1S/C18H29N3O3S.ClH/c1-21(25(23,24)17-11-7-4-8-12-17)15-18(22)20-14-13-19-16-9-5-2-3-6-10-16;/h4,7-8,11-12,16,19H,2-3,5-6,9-10,13-15H2,1H3,(H,20,22);1H. The van der Waals surface area contributed by atoms with Crippen LogP contribution in [0.1, 0.15) is 38.5 Å². The van der Waals surface area contributed by atoms with Crippen molar-refractivity contribution in [2.24, 2.45) is 0 Å². The van der Waals surface area contributed by atoms with Gasteiger partial charge in [0.1, 0.15) is 0 Å². The first-order valence-corrected chi connectivity index (χ1v) is 10.5. The van der Waals surface area contributed by atoms with E-state index in [0.717, 1.165) is 4.31 Å². The number of rotatable bonds is 8. The van der Waals surface area contributed by atoms with Crippen molar-refractivity contribution < 1.29 is 13.2 Å². The lowest BCUT2D eigenvalue weighted by molar-refractivity contribution is -0.121. The minimum Gasteiger partial charge on any atom is -0.354 e. The van der Waals surface area contributed by atoms with Gasteiger partial charge in [0.15, 0.2) is 0 Å². The molecule has 0 atom stereocenters. The zero-order valence-electron chi connectivity index (χ0n) is 15.3. The topological polar surface area (TPSA) is 78.5 Å². The number of halogens is 1. The zero-order chi connectivity index (χ0) is 18.1. The first kappa shape index (κ1) is 22.9. The normalized spacial score (nSPS) is 15.9. The third-order valence-corrected chi connectivity index (χ3v) is 6.37. The fourth-order valence-electron chi connectivity index (χ4n) is 3.08. The lowest BCUT2D eigenvalue weighted by Gasteiger charge is -2.18. The molecule has 6 nitrogen and oxygen atoms in total. The SMILES string of the molecule is CN(CC(=O)NCCNC1CCCCCC1)S(=O)(=O)c1ccccc1.Cl. The van der Waals surface area contributed by atoms with Gasteiger partial charge in [0.05, 0.1) is 11.4 Å². The molecule has 0 aromatic heterocycles. The summed E-state index contributed by atoms with van der Waals surface area (Å²) in [4.78, 5) is 12.2. The quantitative estimate of drug-likeness (QED) is 0.515. The molecule has 1 aliphatic rings. The van der Waals surface area contributed by atoms with E-state index in [1.807, 2.05) is 0 Å². The van der Waals surface area contributed by atoms with Crippen LogP contribution in [-0.4, -0.2) is 51.4 Å². The Morgan fingerprint density at radius 1 is 1.08 bits per heavy atom. The smallest absolute Gasteiger partial charge is 0.243 e. The molecule has 0 radical (unpaired) electrons. The van der Waals surface area contributed by atoms with Gasteiger partial charge >= 0.3 is 0 Å². The second-order valence-corrected chi connectivity index (χ2v) is 8.61. The molecule has 0 spiro atoms. The van der Waals surface area contributed by atoms with E-state index in [4.69, 9.17) is 0 Å². The van der Waals surface area contributed by atoms with Gasteiger partial charge in [0.25, 0.3) is 0 Å². The van der Waals surface area contributed by atoms with E-state index in [1.165, 1.54) is 57.7 Å². The largest absolute Gasteiger partial charge is 0.354 e. The van der Waals surface area contributed by atoms with Gasteiger partial charge in [0.2, 0.25) is 15.9 Å². The zero-order valence-corrected chi connectivity index (χ0v) is 16.9. The molecular weight excluding hydrogens is 374 g/mol. The molecule has 8 heteroatoms. The summed E-state index contributed by atoms with van der Waals surface area (Å²) in [6.45, 7) is 1.04. The third kappa shape index (κ3) is 7.23. The maximum atomic E-state index is 12.4. The molecule has 0 bridgehead atoms. The van der Waals surface area contributed by atoms with Crippen molar-refractivity contribution in [2.45, 2.75) is 49.5 Å². The Bertz CT molecular complexity index is 632. The maximum Gasteiger partial charge on any atom is 0.243 e. The molecule has 148 valence electrons. The Balaban J connectivity index is 0.00000338. The summed E-state index contributed by atoms with van der Waals surface area (Å²) >= 11 is 0. The van der Waals surface area contributed by atoms with Gasteiger partial charge in [-0.05, 0) is 25.0 Å². The van der Waals surface area contributed by atoms with Crippen LogP contribution in [-0.2, 0) is 14.8 Å². The summed E-state index contributed by atoms with van der Waals surface area (Å²) < 4.78 is 25.8. The number of carbonyl (C=O) groups is 1. The molecule has 1 fully saturated rings. The van der Waals surface area contributed by atoms with E-state index in [-0.39, 0.29) is 29.8 Å². The van der Waals surface area contributed by atoms with Crippen LogP contribution in [0.2, 0.25) is 0 Å². The van der Waals surface area contributed by atoms with Gasteiger partial charge in [-0.3, -0.25) is 4.79 Å². The third-order valence-electron chi connectivity index (χ3n) is 4.55. The van der Waals surface area contributed by atoms with Gasteiger partial charge in [0, 0.05) is 26.2 Å². The highest BCUT2D eigenvalue weighted by Gasteiger charge is 2.22. The minimum absolute atomic E-state index is 0. The summed E-state index contributed by atoms with van der Waals surface area (Å²) in [5.74, 6) is -0.287. The van der Waals surface area contributed by atoms with Crippen LogP contribution in [0.3, 0.4) is 0 Å². The Labute approximate surface area is 163 Å². The van der Waals surface area contributed by atoms with Gasteiger partial charge in [-0.1, -0.05) is 43.9 Å². The summed E-state index contributed by atoms with van der Waals surface area (Å²) in [5, 5.41) is 6.26. The van der Waals surface area contributed by atoms with Crippen LogP contribution < -0.4 is 10.6 Å². The van der Waals surface area contributed by atoms with E-state index < -0.39 is 10.0 Å². The minimum atomic E-state index is -3.63. The molecule has 26 heavy (non-hydrogen) atoms. The van der Waals surface area contributed by atoms with Gasteiger partial charge in [-0.15, -0.1) is 12.4 Å². The number of nitrogens with one attached hydrogen (secondary N) is 2. The summed E-state index contributed by atoms with van der Waals surface area (Å²) in [5.41, 5.74) is 0. The number of hydrogen-bond donors (Lipinski definition) is 2. The van der Waals surface area contributed by atoms with Crippen LogP contribution >= 0.6 is 12.4 Å². The lowest BCUT2D eigenvalue weighted by Crippen LogP contribution is -2.41. The van der Waals surface area contributed by atoms with Crippen LogP contribution in [0, 0.1) is 0 Å². The van der Waals surface area contributed by atoms with E-state index in [1.54, 1.807) is 18.2 Å². The van der Waals surface area contributed by atoms with Crippen molar-refractivity contribution in [2.75, 3.05) is 26.7 Å². The predicted molar refractivity (Wildman–Crippen MR) is 106 cm³/mol. The Morgan fingerprint density at radius 2 is 1.69 bits per heavy atom. The monoisotopic (exact) mass is 403 g/mol. The summed E-state index contributed by atoms with van der Waals surface area (Å²) in [7, 11) is -2.21. The maximum absolute atomic E-state index is 12.4. The number of sulfonamides is 1. The molecule has 1 aliphatic carbocycles. The molecule has 1 saturated carbocycles. The second kappa shape index (κ2) is 11.5. The fourth-order valence-corrected chi connectivity index (χ4v) is 4.23. The van der Waals surface area contributed by atoms with Crippen LogP contribution in [0.5, 0.6) is 0 Å². The van der Waals surface area contributed by atoms with Crippen molar-refractivity contribution >= 4 is 28.3 Å². The van der Waals surface area contributed by atoms with Crippen molar-refractivity contribution in [3.8, 4) is 0 Å². The average Bonchev–Trinajstić information content (AvgIpc) is 2.88. The number of nitrogens with zero attached hydrogens (tertiary/aromatic N) is 1. The van der Waals surface area contributed by atoms with E-state index in [2.05, 4.69) is 10.6 Å². The average molecular weight is 404 g/mol. The van der Waals surface area contributed by atoms with E-state index in [0.29, 0.717) is 19.1 Å². The van der Waals surface area contributed by atoms with Gasteiger partial charge in [-0.25, -0.2) is 8.42 Å².